The Morgan fingerprint density at radius 1 is 1.20 bits per heavy atom. The first kappa shape index (κ1) is 16.8. The predicted octanol–water partition coefficient (Wildman–Crippen LogP) is 3.36. The van der Waals surface area contributed by atoms with E-state index in [4.69, 9.17) is 4.74 Å². The molecule has 7 heteroatoms. The third kappa shape index (κ3) is 3.89. The molecular formula is C18H18N4O2S. The van der Waals surface area contributed by atoms with Crippen molar-refractivity contribution in [3.63, 3.8) is 0 Å². The fraction of sp³-hybridized carbons (Fsp3) is 0.111. The maximum absolute atomic E-state index is 12.2. The van der Waals surface area contributed by atoms with Gasteiger partial charge in [0.2, 0.25) is 0 Å². The van der Waals surface area contributed by atoms with Crippen molar-refractivity contribution < 1.29 is 9.53 Å². The van der Waals surface area contributed by atoms with Crippen LogP contribution < -0.4 is 15.6 Å². The fourth-order valence-corrected chi connectivity index (χ4v) is 3.04. The largest absolute Gasteiger partial charge is 0.497 e. The van der Waals surface area contributed by atoms with Gasteiger partial charge in [0.15, 0.2) is 5.69 Å². The average Bonchev–Trinajstić information content (AvgIpc) is 3.28. The summed E-state index contributed by atoms with van der Waals surface area (Å²) in [5.41, 5.74) is 7.93. The van der Waals surface area contributed by atoms with E-state index in [-0.39, 0.29) is 5.91 Å². The molecule has 0 atom stereocenters. The maximum atomic E-state index is 12.2. The topological polar surface area (TPSA) is 79.0 Å². The molecule has 128 valence electrons. The van der Waals surface area contributed by atoms with Gasteiger partial charge in [-0.1, -0.05) is 6.58 Å². The summed E-state index contributed by atoms with van der Waals surface area (Å²) < 4.78 is 5.11. The van der Waals surface area contributed by atoms with Gasteiger partial charge in [-0.25, -0.2) is 0 Å². The molecule has 6 nitrogen and oxygen atoms in total. The molecule has 0 saturated carbocycles. The molecule has 3 aromatic rings. The van der Waals surface area contributed by atoms with E-state index in [0.29, 0.717) is 11.4 Å². The van der Waals surface area contributed by atoms with Crippen molar-refractivity contribution >= 4 is 22.9 Å². The molecule has 3 N–H and O–H groups in total. The number of carbonyl (C=O) groups excluding carboxylic acids is 1. The molecule has 0 radical (unpaired) electrons. The highest BCUT2D eigenvalue weighted by Crippen LogP contribution is 2.26. The second-order valence-electron chi connectivity index (χ2n) is 5.36. The lowest BCUT2D eigenvalue weighted by Crippen LogP contribution is -2.36. The fourth-order valence-electron chi connectivity index (χ4n) is 2.20. The number of rotatable bonds is 6. The summed E-state index contributed by atoms with van der Waals surface area (Å²) in [5.74, 6) is 0.416. The summed E-state index contributed by atoms with van der Waals surface area (Å²) in [7, 11) is 1.61. The van der Waals surface area contributed by atoms with Crippen molar-refractivity contribution in [2.24, 2.45) is 0 Å². The monoisotopic (exact) mass is 354 g/mol. The molecule has 2 aromatic heterocycles. The van der Waals surface area contributed by atoms with E-state index in [2.05, 4.69) is 27.6 Å². The summed E-state index contributed by atoms with van der Waals surface area (Å²) in [6.07, 6.45) is 0. The van der Waals surface area contributed by atoms with Gasteiger partial charge in [0.25, 0.3) is 5.91 Å². The zero-order valence-electron chi connectivity index (χ0n) is 13.9. The molecule has 0 spiro atoms. The van der Waals surface area contributed by atoms with Crippen LogP contribution in [0.25, 0.3) is 16.3 Å². The van der Waals surface area contributed by atoms with Crippen molar-refractivity contribution in [3.05, 3.63) is 65.2 Å². The average molecular weight is 354 g/mol. The van der Waals surface area contributed by atoms with Crippen molar-refractivity contribution in [2.45, 2.75) is 6.92 Å². The molecule has 0 aliphatic heterocycles. The Balaban J connectivity index is 1.60. The standard InChI is InChI=1S/C18H18N4O2S/c1-11-4-9-17(25-11)15-10-16(21-20-15)18(23)22-19-12(2)13-5-7-14(24-3)8-6-13/h4-10,19H,2H2,1,3H3,(H,20,21)(H,22,23). The number of hydrazine groups is 1. The van der Waals surface area contributed by atoms with Crippen LogP contribution in [0.3, 0.4) is 0 Å². The van der Waals surface area contributed by atoms with Crippen molar-refractivity contribution in [3.8, 4) is 16.3 Å². The van der Waals surface area contributed by atoms with Crippen LogP contribution in [-0.4, -0.2) is 23.2 Å². The third-order valence-electron chi connectivity index (χ3n) is 3.58. The van der Waals surface area contributed by atoms with E-state index < -0.39 is 0 Å². The normalized spacial score (nSPS) is 10.3. The maximum Gasteiger partial charge on any atom is 0.290 e. The summed E-state index contributed by atoms with van der Waals surface area (Å²) in [6.45, 7) is 5.94. The van der Waals surface area contributed by atoms with Gasteiger partial charge in [0.05, 0.1) is 23.4 Å². The minimum absolute atomic E-state index is 0.302. The molecule has 0 fully saturated rings. The Morgan fingerprint density at radius 3 is 2.60 bits per heavy atom. The number of carbonyl (C=O) groups is 1. The quantitative estimate of drug-likeness (QED) is 0.593. The number of nitrogens with zero attached hydrogens (tertiary/aromatic N) is 1. The molecule has 0 saturated heterocycles. The number of benzene rings is 1. The number of H-pyrrole nitrogens is 1. The molecular weight excluding hydrogens is 336 g/mol. The molecule has 0 aliphatic rings. The number of thiophene rings is 1. The van der Waals surface area contributed by atoms with E-state index in [1.165, 1.54) is 4.88 Å². The Kier molecular flexibility index (Phi) is 4.85. The van der Waals surface area contributed by atoms with Crippen LogP contribution in [0.5, 0.6) is 5.75 Å². The van der Waals surface area contributed by atoms with E-state index in [0.717, 1.165) is 21.9 Å². The number of nitrogens with one attached hydrogen (secondary N) is 3. The highest BCUT2D eigenvalue weighted by molar-refractivity contribution is 7.15. The van der Waals surface area contributed by atoms with Crippen LogP contribution in [-0.2, 0) is 0 Å². The lowest BCUT2D eigenvalue weighted by molar-refractivity contribution is 0.0937. The molecule has 0 bridgehead atoms. The van der Waals surface area contributed by atoms with Crippen molar-refractivity contribution in [1.82, 2.24) is 21.0 Å². The lowest BCUT2D eigenvalue weighted by atomic mass is 10.2. The van der Waals surface area contributed by atoms with E-state index in [1.807, 2.05) is 43.3 Å². The van der Waals surface area contributed by atoms with Gasteiger partial charge < -0.3 is 4.74 Å². The summed E-state index contributed by atoms with van der Waals surface area (Å²) in [6, 6.07) is 13.1. The zero-order chi connectivity index (χ0) is 17.8. The number of aromatic nitrogens is 2. The lowest BCUT2D eigenvalue weighted by Gasteiger charge is -2.10. The van der Waals surface area contributed by atoms with Gasteiger partial charge in [-0.3, -0.25) is 20.7 Å². The second-order valence-corrected chi connectivity index (χ2v) is 6.65. The highest BCUT2D eigenvalue weighted by atomic mass is 32.1. The minimum Gasteiger partial charge on any atom is -0.497 e. The predicted molar refractivity (Wildman–Crippen MR) is 99.3 cm³/mol. The SMILES string of the molecule is C=C(NNC(=O)c1cc(-c2ccc(C)s2)[nH]n1)c1ccc(OC)cc1. The molecule has 1 aromatic carbocycles. The van der Waals surface area contributed by atoms with Crippen molar-refractivity contribution in [1.29, 1.82) is 0 Å². The van der Waals surface area contributed by atoms with Gasteiger partial charge in [-0.2, -0.15) is 5.10 Å². The highest BCUT2D eigenvalue weighted by Gasteiger charge is 2.12. The van der Waals surface area contributed by atoms with Crippen LogP contribution in [0.1, 0.15) is 20.9 Å². The van der Waals surface area contributed by atoms with Gasteiger partial charge >= 0.3 is 0 Å². The number of amides is 1. The first-order valence-corrected chi connectivity index (χ1v) is 8.40. The first-order valence-electron chi connectivity index (χ1n) is 7.58. The number of hydrogen-bond acceptors (Lipinski definition) is 5. The molecule has 25 heavy (non-hydrogen) atoms. The summed E-state index contributed by atoms with van der Waals surface area (Å²) in [5, 5.41) is 6.94. The third-order valence-corrected chi connectivity index (χ3v) is 4.62. The van der Waals surface area contributed by atoms with E-state index in [1.54, 1.807) is 24.5 Å². The van der Waals surface area contributed by atoms with Gasteiger partial charge in [0, 0.05) is 4.88 Å². The Hall–Kier alpha value is -3.06. The van der Waals surface area contributed by atoms with Crippen LogP contribution in [0.2, 0.25) is 0 Å². The van der Waals surface area contributed by atoms with Crippen LogP contribution in [0, 0.1) is 6.92 Å². The smallest absolute Gasteiger partial charge is 0.290 e. The Bertz CT molecular complexity index is 896. The molecule has 1 amide bonds. The van der Waals surface area contributed by atoms with Gasteiger partial charge in [-0.15, -0.1) is 11.3 Å². The molecule has 0 unspecified atom stereocenters. The number of aromatic amines is 1. The number of methoxy groups -OCH3 is 1. The van der Waals surface area contributed by atoms with E-state index in [9.17, 15) is 4.79 Å². The number of ether oxygens (including phenoxy) is 1. The Labute approximate surface area is 149 Å². The number of aryl methyl sites for hydroxylation is 1. The number of hydrogen-bond donors (Lipinski definition) is 3. The van der Waals surface area contributed by atoms with Gasteiger partial charge in [0.1, 0.15) is 5.75 Å². The summed E-state index contributed by atoms with van der Waals surface area (Å²) in [4.78, 5) is 14.5. The van der Waals surface area contributed by atoms with E-state index >= 15 is 0 Å². The second kappa shape index (κ2) is 7.23. The zero-order valence-corrected chi connectivity index (χ0v) is 14.7. The summed E-state index contributed by atoms with van der Waals surface area (Å²) >= 11 is 1.64. The van der Waals surface area contributed by atoms with Crippen LogP contribution >= 0.6 is 11.3 Å². The minimum atomic E-state index is -0.342. The first-order chi connectivity index (χ1) is 12.1. The Morgan fingerprint density at radius 2 is 1.96 bits per heavy atom. The van der Waals surface area contributed by atoms with Gasteiger partial charge in [-0.05, 0) is 55.0 Å². The molecule has 2 heterocycles. The molecule has 3 rings (SSSR count). The van der Waals surface area contributed by atoms with Crippen molar-refractivity contribution in [2.75, 3.05) is 7.11 Å². The molecule has 0 aliphatic carbocycles. The van der Waals surface area contributed by atoms with Crippen LogP contribution in [0.15, 0.2) is 49.0 Å². The van der Waals surface area contributed by atoms with Crippen LogP contribution in [0.4, 0.5) is 0 Å².